The molecule has 3 heterocycles. The quantitative estimate of drug-likeness (QED) is 0.376. The molecule has 1 aliphatic rings. The van der Waals surface area contributed by atoms with Gasteiger partial charge in [-0.2, -0.15) is 18.3 Å². The standard InChI is InChI=1S/C29H30F3N5O3/c1-18-24(20-9-11-22(40-3)12-10-20)34-27-23(17-33-37(27)26(18)29(30,31)32)28(39)36-15-13-35(14-16-36)25(19(2)38)21-7-5-4-6-8-21/h4-12,17,19,25,38H,13-16H2,1-3H3/t19?,25-/m1/s1. The molecule has 2 aromatic heterocycles. The van der Waals surface area contributed by atoms with Crippen LogP contribution in [0.5, 0.6) is 5.75 Å². The summed E-state index contributed by atoms with van der Waals surface area (Å²) in [6.45, 7) is 4.76. The van der Waals surface area contributed by atoms with Gasteiger partial charge in [0.25, 0.3) is 5.91 Å². The highest BCUT2D eigenvalue weighted by atomic mass is 19.4. The molecule has 1 fully saturated rings. The lowest BCUT2D eigenvalue weighted by atomic mass is 9.99. The van der Waals surface area contributed by atoms with Gasteiger partial charge in [0.15, 0.2) is 11.3 Å². The highest BCUT2D eigenvalue weighted by Gasteiger charge is 2.39. The van der Waals surface area contributed by atoms with Gasteiger partial charge in [0.1, 0.15) is 11.3 Å². The first-order valence-corrected chi connectivity index (χ1v) is 13.0. The molecule has 2 aromatic carbocycles. The number of aliphatic hydroxyl groups excluding tert-OH is 1. The van der Waals surface area contributed by atoms with Crippen LogP contribution in [-0.4, -0.2) is 74.8 Å². The monoisotopic (exact) mass is 553 g/mol. The number of ether oxygens (including phenoxy) is 1. The summed E-state index contributed by atoms with van der Waals surface area (Å²) in [5.41, 5.74) is 0.339. The van der Waals surface area contributed by atoms with Crippen molar-refractivity contribution in [2.45, 2.75) is 32.2 Å². The van der Waals surface area contributed by atoms with E-state index in [0.717, 1.165) is 11.8 Å². The van der Waals surface area contributed by atoms with Crippen LogP contribution >= 0.6 is 0 Å². The Morgan fingerprint density at radius 1 is 1.02 bits per heavy atom. The fourth-order valence-electron chi connectivity index (χ4n) is 5.41. The van der Waals surface area contributed by atoms with Gasteiger partial charge in [-0.15, -0.1) is 0 Å². The topological polar surface area (TPSA) is 83.2 Å². The molecule has 210 valence electrons. The molecule has 1 aliphatic heterocycles. The maximum atomic E-state index is 14.3. The highest BCUT2D eigenvalue weighted by molar-refractivity contribution is 6.00. The van der Waals surface area contributed by atoms with Crippen LogP contribution in [0, 0.1) is 6.92 Å². The first kappa shape index (κ1) is 27.6. The summed E-state index contributed by atoms with van der Waals surface area (Å²) in [7, 11) is 1.50. The van der Waals surface area contributed by atoms with E-state index < -0.39 is 23.9 Å². The van der Waals surface area contributed by atoms with E-state index in [9.17, 15) is 23.1 Å². The zero-order chi connectivity index (χ0) is 28.6. The van der Waals surface area contributed by atoms with Crippen LogP contribution < -0.4 is 4.74 Å². The van der Waals surface area contributed by atoms with Crippen LogP contribution in [0.3, 0.4) is 0 Å². The number of carbonyl (C=O) groups excluding carboxylic acids is 1. The maximum Gasteiger partial charge on any atom is 0.433 e. The number of nitrogens with zero attached hydrogens (tertiary/aromatic N) is 5. The zero-order valence-electron chi connectivity index (χ0n) is 22.4. The molecule has 1 amide bonds. The number of hydrogen-bond acceptors (Lipinski definition) is 6. The van der Waals surface area contributed by atoms with Crippen molar-refractivity contribution in [3.05, 3.63) is 83.2 Å². The lowest BCUT2D eigenvalue weighted by molar-refractivity contribution is -0.143. The van der Waals surface area contributed by atoms with E-state index in [1.54, 1.807) is 36.1 Å². The Kier molecular flexibility index (Phi) is 7.52. The lowest BCUT2D eigenvalue weighted by Crippen LogP contribution is -2.51. The second-order valence-electron chi connectivity index (χ2n) is 9.88. The Morgan fingerprint density at radius 3 is 2.25 bits per heavy atom. The predicted molar refractivity (Wildman–Crippen MR) is 143 cm³/mol. The molecule has 40 heavy (non-hydrogen) atoms. The number of fused-ring (bicyclic) bond motifs is 1. The van der Waals surface area contributed by atoms with E-state index in [0.29, 0.717) is 42.0 Å². The second-order valence-corrected chi connectivity index (χ2v) is 9.88. The molecule has 1 N–H and O–H groups in total. The van der Waals surface area contributed by atoms with E-state index in [1.807, 2.05) is 30.3 Å². The number of piperazine rings is 1. The summed E-state index contributed by atoms with van der Waals surface area (Å²) in [6.07, 6.45) is -4.20. The summed E-state index contributed by atoms with van der Waals surface area (Å²) < 4.78 is 48.6. The smallest absolute Gasteiger partial charge is 0.433 e. The molecular formula is C29H30F3N5O3. The van der Waals surface area contributed by atoms with Gasteiger partial charge in [-0.3, -0.25) is 9.69 Å². The van der Waals surface area contributed by atoms with Crippen LogP contribution in [0.15, 0.2) is 60.8 Å². The van der Waals surface area contributed by atoms with Crippen LogP contribution in [-0.2, 0) is 6.18 Å². The number of amides is 1. The van der Waals surface area contributed by atoms with Crippen molar-refractivity contribution in [1.82, 2.24) is 24.4 Å². The van der Waals surface area contributed by atoms with Crippen molar-refractivity contribution < 1.29 is 27.8 Å². The molecule has 2 atom stereocenters. The average Bonchev–Trinajstić information content (AvgIpc) is 3.35. The molecule has 8 nitrogen and oxygen atoms in total. The van der Waals surface area contributed by atoms with Gasteiger partial charge in [-0.05, 0) is 43.7 Å². The Morgan fingerprint density at radius 2 is 1.68 bits per heavy atom. The third kappa shape index (κ3) is 5.14. The number of hydrogen-bond donors (Lipinski definition) is 1. The minimum Gasteiger partial charge on any atom is -0.497 e. The maximum absolute atomic E-state index is 14.3. The molecule has 11 heteroatoms. The van der Waals surface area contributed by atoms with Crippen LogP contribution in [0.4, 0.5) is 13.2 Å². The van der Waals surface area contributed by atoms with Crippen LogP contribution in [0.25, 0.3) is 16.9 Å². The van der Waals surface area contributed by atoms with Crippen molar-refractivity contribution in [2.75, 3.05) is 33.3 Å². The first-order valence-electron chi connectivity index (χ1n) is 13.0. The molecule has 0 bridgehead atoms. The molecule has 5 rings (SSSR count). The number of rotatable bonds is 6. The molecule has 0 saturated carbocycles. The first-order chi connectivity index (χ1) is 19.1. The van der Waals surface area contributed by atoms with Gasteiger partial charge in [-0.1, -0.05) is 30.3 Å². The lowest BCUT2D eigenvalue weighted by Gasteiger charge is -2.40. The summed E-state index contributed by atoms with van der Waals surface area (Å²) in [6, 6.07) is 16.0. The molecule has 4 aromatic rings. The minimum absolute atomic E-state index is 0.00356. The van der Waals surface area contributed by atoms with E-state index >= 15 is 0 Å². The third-order valence-electron chi connectivity index (χ3n) is 7.34. The number of alkyl halides is 3. The van der Waals surface area contributed by atoms with Gasteiger partial charge in [0.05, 0.1) is 31.1 Å². The Balaban J connectivity index is 1.46. The van der Waals surface area contributed by atoms with Crippen molar-refractivity contribution >= 4 is 11.6 Å². The number of aliphatic hydroxyl groups is 1. The zero-order valence-corrected chi connectivity index (χ0v) is 22.4. The predicted octanol–water partition coefficient (Wildman–Crippen LogP) is 4.61. The van der Waals surface area contributed by atoms with Gasteiger partial charge < -0.3 is 14.7 Å². The highest BCUT2D eigenvalue weighted by Crippen LogP contribution is 2.37. The van der Waals surface area contributed by atoms with E-state index in [4.69, 9.17) is 4.74 Å². The minimum atomic E-state index is -4.72. The number of benzene rings is 2. The fraction of sp³-hybridized carbons (Fsp3) is 0.345. The van der Waals surface area contributed by atoms with E-state index in [2.05, 4.69) is 15.0 Å². The normalized spacial score (nSPS) is 16.2. The van der Waals surface area contributed by atoms with Crippen LogP contribution in [0.2, 0.25) is 0 Å². The summed E-state index contributed by atoms with van der Waals surface area (Å²) in [5.74, 6) is 0.121. The molecule has 0 spiro atoms. The molecule has 0 radical (unpaired) electrons. The van der Waals surface area contributed by atoms with Crippen molar-refractivity contribution in [1.29, 1.82) is 0 Å². The van der Waals surface area contributed by atoms with Gasteiger partial charge in [0.2, 0.25) is 0 Å². The SMILES string of the molecule is COc1ccc(-c2nc3c(C(=O)N4CCN([C@@H](c5ccccc5)C(C)O)CC4)cnn3c(C(F)(F)F)c2C)cc1. The number of halogens is 3. The Hall–Kier alpha value is -3.96. The van der Waals surface area contributed by atoms with Gasteiger partial charge in [-0.25, -0.2) is 9.50 Å². The third-order valence-corrected chi connectivity index (χ3v) is 7.34. The van der Waals surface area contributed by atoms with Gasteiger partial charge >= 0.3 is 6.18 Å². The van der Waals surface area contributed by atoms with Crippen molar-refractivity contribution in [3.8, 4) is 17.0 Å². The second kappa shape index (κ2) is 10.9. The molecule has 1 saturated heterocycles. The van der Waals surface area contributed by atoms with Crippen molar-refractivity contribution in [2.24, 2.45) is 0 Å². The number of aromatic nitrogens is 3. The van der Waals surface area contributed by atoms with E-state index in [-0.39, 0.29) is 28.5 Å². The summed E-state index contributed by atoms with van der Waals surface area (Å²) in [4.78, 5) is 21.8. The van der Waals surface area contributed by atoms with Gasteiger partial charge in [0, 0.05) is 37.3 Å². The summed E-state index contributed by atoms with van der Waals surface area (Å²) in [5, 5.41) is 14.4. The van der Waals surface area contributed by atoms with Crippen molar-refractivity contribution in [3.63, 3.8) is 0 Å². The molecule has 1 unspecified atom stereocenters. The number of carbonyl (C=O) groups is 1. The fourth-order valence-corrected chi connectivity index (χ4v) is 5.41. The van der Waals surface area contributed by atoms with Crippen LogP contribution in [0.1, 0.15) is 40.1 Å². The summed E-state index contributed by atoms with van der Waals surface area (Å²) >= 11 is 0. The molecular weight excluding hydrogens is 523 g/mol. The largest absolute Gasteiger partial charge is 0.497 e. The average molecular weight is 554 g/mol. The Bertz CT molecular complexity index is 1500. The Labute approximate surface area is 229 Å². The van der Waals surface area contributed by atoms with E-state index in [1.165, 1.54) is 14.0 Å². The molecule has 0 aliphatic carbocycles. The number of methoxy groups -OCH3 is 1.